The van der Waals surface area contributed by atoms with Crippen LogP contribution in [0.2, 0.25) is 10.0 Å². The maximum absolute atomic E-state index is 13.6. The van der Waals surface area contributed by atoms with E-state index in [4.69, 9.17) is 46.9 Å². The number of aromatic carboxylic acids is 1. The number of aromatic amines is 2. The third-order valence-corrected chi connectivity index (χ3v) is 13.8. The minimum Gasteiger partial charge on any atom is -0.495 e. The van der Waals surface area contributed by atoms with E-state index in [-0.39, 0.29) is 74.3 Å². The molecule has 2 unspecified atom stereocenters. The van der Waals surface area contributed by atoms with Crippen molar-refractivity contribution in [3.05, 3.63) is 174 Å². The van der Waals surface area contributed by atoms with Gasteiger partial charge in [-0.3, -0.25) is 28.8 Å². The number of ether oxygens (including phenoxy) is 5. The number of H-pyrrole nitrogens is 2. The Morgan fingerprint density at radius 1 is 0.562 bits per heavy atom. The van der Waals surface area contributed by atoms with Crippen LogP contribution in [0.1, 0.15) is 98.5 Å². The molecule has 0 spiro atoms. The fourth-order valence-corrected chi connectivity index (χ4v) is 9.75. The van der Waals surface area contributed by atoms with E-state index in [1.807, 2.05) is 6.07 Å². The van der Waals surface area contributed by atoms with Crippen molar-refractivity contribution in [3.8, 4) is 33.8 Å². The molecular weight excluding hydrogens is 1070 g/mol. The van der Waals surface area contributed by atoms with Gasteiger partial charge in [-0.15, -0.1) is 0 Å². The highest BCUT2D eigenvalue weighted by molar-refractivity contribution is 6.31. The molecule has 0 saturated heterocycles. The second-order valence-corrected chi connectivity index (χ2v) is 19.5. The van der Waals surface area contributed by atoms with Gasteiger partial charge in [0, 0.05) is 107 Å². The van der Waals surface area contributed by atoms with Crippen LogP contribution < -0.4 is 20.6 Å². The molecule has 18 nitrogen and oxygen atoms in total. The van der Waals surface area contributed by atoms with E-state index >= 15 is 0 Å². The number of rotatable bonds is 23. The smallest absolute Gasteiger partial charge is 0.354 e. The molecular formula is C60H58Cl2N4O14. The minimum absolute atomic E-state index is 0.0111. The number of carbonyl (C=O) groups excluding carboxylic acids is 5. The van der Waals surface area contributed by atoms with Crippen molar-refractivity contribution in [2.45, 2.75) is 58.5 Å². The molecule has 0 amide bonds. The number of methoxy groups -OCH3 is 4. The number of nitrogens with zero attached hydrogens (tertiary/aromatic N) is 2. The van der Waals surface area contributed by atoms with Crippen LogP contribution in [0.25, 0.3) is 44.1 Å². The Bertz CT molecular complexity index is 3800. The fourth-order valence-electron chi connectivity index (χ4n) is 9.41. The summed E-state index contributed by atoms with van der Waals surface area (Å²) in [6.07, 6.45) is 3.51. The molecule has 20 heteroatoms. The number of carbonyl (C=O) groups is 6. The molecule has 4 heterocycles. The summed E-state index contributed by atoms with van der Waals surface area (Å²) in [6.45, 7) is 5.33. The quantitative estimate of drug-likeness (QED) is 0.0399. The molecule has 4 aromatic carbocycles. The maximum Gasteiger partial charge on any atom is 0.354 e. The van der Waals surface area contributed by atoms with E-state index in [1.54, 1.807) is 79.7 Å². The molecule has 0 bridgehead atoms. The van der Waals surface area contributed by atoms with Crippen molar-refractivity contribution >= 4 is 80.1 Å². The van der Waals surface area contributed by atoms with E-state index < -0.39 is 35.1 Å². The lowest BCUT2D eigenvalue weighted by Crippen LogP contribution is -2.31. The highest BCUT2D eigenvalue weighted by Crippen LogP contribution is 2.36. The van der Waals surface area contributed by atoms with Gasteiger partial charge in [-0.1, -0.05) is 35.3 Å². The van der Waals surface area contributed by atoms with E-state index in [0.29, 0.717) is 77.1 Å². The summed E-state index contributed by atoms with van der Waals surface area (Å²) in [4.78, 5) is 108. The van der Waals surface area contributed by atoms with Crippen LogP contribution in [0.4, 0.5) is 0 Å². The predicted octanol–water partition coefficient (Wildman–Crippen LogP) is 10.4. The second-order valence-electron chi connectivity index (χ2n) is 18.6. The number of halogens is 2. The zero-order valence-corrected chi connectivity index (χ0v) is 46.4. The molecule has 8 rings (SSSR count). The van der Waals surface area contributed by atoms with Crippen molar-refractivity contribution in [1.29, 1.82) is 0 Å². The number of pyridine rings is 2. The van der Waals surface area contributed by atoms with Gasteiger partial charge >= 0.3 is 11.9 Å². The van der Waals surface area contributed by atoms with Gasteiger partial charge in [-0.2, -0.15) is 0 Å². The SMILES string of the molecule is CCOC(=O)c1cc2cc(CC(=O)C(CCOC)n3cc(OC)c(-c4cc(Cl)ccc4C(C)=O)cc3=O)ccc2[nH]1.COCCC(C(=O)Cc1ccc2[nH]c(C(=O)O)cc2c1)n1cc(OC)c(-c2cc(Cl)ccc2C(C)=O)cc1=O. The summed E-state index contributed by atoms with van der Waals surface area (Å²) in [7, 11) is 5.93. The van der Waals surface area contributed by atoms with Gasteiger partial charge in [-0.05, 0) is 129 Å². The Balaban J connectivity index is 0.000000231. The van der Waals surface area contributed by atoms with Crippen LogP contribution in [0, 0.1) is 0 Å². The van der Waals surface area contributed by atoms with Crippen LogP contribution in [-0.2, 0) is 36.6 Å². The monoisotopic (exact) mass is 1130 g/mol. The van der Waals surface area contributed by atoms with Crippen LogP contribution >= 0.6 is 23.2 Å². The topological polar surface area (TPSA) is 244 Å². The van der Waals surface area contributed by atoms with Gasteiger partial charge in [-0.25, -0.2) is 9.59 Å². The zero-order valence-electron chi connectivity index (χ0n) is 44.9. The van der Waals surface area contributed by atoms with Crippen molar-refractivity contribution in [2.24, 2.45) is 0 Å². The summed E-state index contributed by atoms with van der Waals surface area (Å²) >= 11 is 12.4. The van der Waals surface area contributed by atoms with Crippen LogP contribution in [0.5, 0.6) is 11.5 Å². The van der Waals surface area contributed by atoms with Crippen LogP contribution in [0.15, 0.2) is 119 Å². The first kappa shape index (κ1) is 59.2. The normalized spacial score (nSPS) is 11.9. The number of carboxylic acid groups (broad SMARTS) is 1. The van der Waals surface area contributed by atoms with E-state index in [0.717, 1.165) is 16.5 Å². The fraction of sp³-hybridized carbons (Fsp3) is 0.267. The lowest BCUT2D eigenvalue weighted by Gasteiger charge is -2.21. The Morgan fingerprint density at radius 2 is 0.988 bits per heavy atom. The summed E-state index contributed by atoms with van der Waals surface area (Å²) in [5, 5.41) is 11.5. The molecule has 4 aromatic heterocycles. The average molecular weight is 1130 g/mol. The molecule has 3 N–H and O–H groups in total. The van der Waals surface area contributed by atoms with Crippen molar-refractivity contribution in [2.75, 3.05) is 48.3 Å². The molecule has 0 aliphatic heterocycles. The number of hydrogen-bond acceptors (Lipinski definition) is 13. The second kappa shape index (κ2) is 26.5. The number of hydrogen-bond donors (Lipinski definition) is 3. The Hall–Kier alpha value is -8.42. The van der Waals surface area contributed by atoms with Crippen molar-refractivity contribution < 1.29 is 57.6 Å². The molecule has 0 aliphatic rings. The minimum atomic E-state index is -1.08. The van der Waals surface area contributed by atoms with Crippen LogP contribution in [0.3, 0.4) is 0 Å². The predicted molar refractivity (Wildman–Crippen MR) is 303 cm³/mol. The number of Topliss-reactive ketones (excluding diaryl/α,β-unsaturated/α-hetero) is 4. The third-order valence-electron chi connectivity index (χ3n) is 13.3. The van der Waals surface area contributed by atoms with Gasteiger partial charge in [0.1, 0.15) is 22.9 Å². The number of fused-ring (bicyclic) bond motifs is 2. The van der Waals surface area contributed by atoms with Crippen molar-refractivity contribution in [3.63, 3.8) is 0 Å². The summed E-state index contributed by atoms with van der Waals surface area (Å²) in [5.74, 6) is -1.74. The summed E-state index contributed by atoms with van der Waals surface area (Å²) in [6, 6.07) is 24.4. The maximum atomic E-state index is 13.6. The van der Waals surface area contributed by atoms with Crippen LogP contribution in [-0.4, -0.2) is 108 Å². The van der Waals surface area contributed by atoms with Gasteiger partial charge in [0.15, 0.2) is 23.1 Å². The number of nitrogens with one attached hydrogen (secondary N) is 2. The molecule has 416 valence electrons. The number of benzene rings is 4. The number of esters is 1. The molecule has 80 heavy (non-hydrogen) atoms. The lowest BCUT2D eigenvalue weighted by atomic mass is 9.96. The van der Waals surface area contributed by atoms with Gasteiger partial charge in [0.05, 0.1) is 45.3 Å². The number of aromatic nitrogens is 4. The van der Waals surface area contributed by atoms with Gasteiger partial charge in [0.25, 0.3) is 11.1 Å². The van der Waals surface area contributed by atoms with Crippen molar-refractivity contribution in [1.82, 2.24) is 19.1 Å². The zero-order chi connectivity index (χ0) is 57.9. The van der Waals surface area contributed by atoms with E-state index in [9.17, 15) is 43.5 Å². The largest absolute Gasteiger partial charge is 0.495 e. The Morgan fingerprint density at radius 3 is 1.38 bits per heavy atom. The molecule has 2 atom stereocenters. The lowest BCUT2D eigenvalue weighted by molar-refractivity contribution is -0.123. The third kappa shape index (κ3) is 13.7. The van der Waals surface area contributed by atoms with Gasteiger partial charge < -0.3 is 47.9 Å². The highest BCUT2D eigenvalue weighted by atomic mass is 35.5. The number of ketones is 4. The first-order valence-electron chi connectivity index (χ1n) is 25.2. The molecule has 0 fully saturated rings. The summed E-state index contributed by atoms with van der Waals surface area (Å²) in [5.41, 5.74) is 4.74. The first-order valence-corrected chi connectivity index (χ1v) is 25.9. The Kier molecular flexibility index (Phi) is 19.6. The van der Waals surface area contributed by atoms with Gasteiger partial charge in [0.2, 0.25) is 0 Å². The van der Waals surface area contributed by atoms with E-state index in [1.165, 1.54) is 82.0 Å². The summed E-state index contributed by atoms with van der Waals surface area (Å²) < 4.78 is 29.4. The molecule has 0 saturated carbocycles. The molecule has 0 aliphatic carbocycles. The average Bonchev–Trinajstić information content (AvgIpc) is 4.10. The number of carboxylic acids is 1. The highest BCUT2D eigenvalue weighted by Gasteiger charge is 2.27. The Labute approximate surface area is 469 Å². The molecule has 8 aromatic rings. The first-order chi connectivity index (χ1) is 38.3. The standard InChI is InChI=1S/C31H31ClN2O7.C29H27ClN2O7/c1-5-41-31(38)26-14-20-12-19(6-9-25(20)33-26)13-28(36)27(10-11-39-3)34-17-29(40-4)24(16-30(34)37)23-15-21(32)7-8-22(23)18(2)35;1-16(33)20-6-5-19(30)13-21(20)22-14-28(35)32(15-27(22)39-3)25(8-9-38-2)26(34)11-17-4-7-23-18(10-17)12-24(31-23)29(36)37/h6-9,12,14-17,27,33H,5,10-11,13H2,1-4H3;4-7,10,12-15,25,31H,8-9,11H2,1-3H3,(H,36,37). The molecule has 0 radical (unpaired) electrons. The van der Waals surface area contributed by atoms with E-state index in [2.05, 4.69) is 9.97 Å².